The molecule has 0 nitrogen and oxygen atoms in total. The molecule has 15 heavy (non-hydrogen) atoms. The van der Waals surface area contributed by atoms with Crippen molar-refractivity contribution in [3.05, 3.63) is 0 Å². The van der Waals surface area contributed by atoms with Crippen molar-refractivity contribution in [2.45, 2.75) is 65.1 Å². The average Bonchev–Trinajstić information content (AvgIpc) is 2.14. The highest BCUT2D eigenvalue weighted by molar-refractivity contribution is 6.83. The van der Waals surface area contributed by atoms with Crippen LogP contribution in [0.3, 0.4) is 0 Å². The minimum absolute atomic E-state index is 1.05. The molecule has 0 bridgehead atoms. The van der Waals surface area contributed by atoms with Crippen LogP contribution in [0.25, 0.3) is 0 Å². The van der Waals surface area contributed by atoms with Gasteiger partial charge in [-0.15, -0.1) is 23.3 Å². The predicted octanol–water partition coefficient (Wildman–Crippen LogP) is 4.23. The molecule has 0 aromatic carbocycles. The molecule has 0 unspecified atom stereocenters. The van der Waals surface area contributed by atoms with E-state index in [4.69, 9.17) is 0 Å². The van der Waals surface area contributed by atoms with Gasteiger partial charge >= 0.3 is 0 Å². The molecule has 0 rings (SSSR count). The van der Waals surface area contributed by atoms with Crippen LogP contribution in [0.5, 0.6) is 0 Å². The fourth-order valence-corrected chi connectivity index (χ4v) is 1.71. The third-order valence-electron chi connectivity index (χ3n) is 1.82. The number of hydrogen-bond acceptors (Lipinski definition) is 0. The highest BCUT2D eigenvalue weighted by atomic mass is 28.3. The number of unbranched alkanes of at least 4 members (excludes halogenated alkanes) is 4. The van der Waals surface area contributed by atoms with Crippen LogP contribution in [0.4, 0.5) is 0 Å². The second-order valence-electron chi connectivity index (χ2n) is 4.86. The van der Waals surface area contributed by atoms with E-state index < -0.39 is 8.07 Å². The molecule has 0 aromatic heterocycles. The van der Waals surface area contributed by atoms with Gasteiger partial charge in [0.25, 0.3) is 0 Å². The predicted molar refractivity (Wildman–Crippen MR) is 72.3 cm³/mol. The highest BCUT2D eigenvalue weighted by Crippen LogP contribution is 2.00. The maximum atomic E-state index is 3.39. The third kappa shape index (κ3) is 13.3. The van der Waals surface area contributed by atoms with E-state index in [1.54, 1.807) is 0 Å². The van der Waals surface area contributed by atoms with Gasteiger partial charge in [-0.3, -0.25) is 0 Å². The van der Waals surface area contributed by atoms with Crippen molar-refractivity contribution < 1.29 is 0 Å². The third-order valence-corrected chi connectivity index (χ3v) is 2.74. The Labute approximate surface area is 96.9 Å². The molecule has 1 heteroatoms. The first-order valence-corrected chi connectivity index (χ1v) is 9.52. The lowest BCUT2D eigenvalue weighted by molar-refractivity contribution is 0.782. The Bertz CT molecular complexity index is 262. The van der Waals surface area contributed by atoms with E-state index in [2.05, 4.69) is 49.9 Å². The van der Waals surface area contributed by atoms with Crippen LogP contribution in [-0.2, 0) is 0 Å². The van der Waals surface area contributed by atoms with Crippen molar-refractivity contribution in [3.8, 4) is 23.3 Å². The largest absolute Gasteiger partial charge is 0.132 e. The van der Waals surface area contributed by atoms with Crippen LogP contribution in [0, 0.1) is 23.3 Å². The van der Waals surface area contributed by atoms with Crippen molar-refractivity contribution in [1.29, 1.82) is 0 Å². The molecule has 0 aliphatic rings. The summed E-state index contributed by atoms with van der Waals surface area (Å²) in [6, 6.07) is 0. The van der Waals surface area contributed by atoms with E-state index in [1.165, 1.54) is 19.3 Å². The maximum absolute atomic E-state index is 3.39. The summed E-state index contributed by atoms with van der Waals surface area (Å²) in [5, 5.41) is 0. The monoisotopic (exact) mass is 220 g/mol. The second kappa shape index (κ2) is 8.63. The Morgan fingerprint density at radius 2 is 1.33 bits per heavy atom. The van der Waals surface area contributed by atoms with Crippen LogP contribution in [0.1, 0.15) is 45.4 Å². The zero-order chi connectivity index (χ0) is 11.6. The molecule has 0 aliphatic heterocycles. The first-order chi connectivity index (χ1) is 7.06. The van der Waals surface area contributed by atoms with Crippen LogP contribution >= 0.6 is 0 Å². The zero-order valence-electron chi connectivity index (χ0n) is 10.7. The van der Waals surface area contributed by atoms with Gasteiger partial charge in [-0.2, -0.15) is 0 Å². The molecule has 84 valence electrons. The fourth-order valence-electron chi connectivity index (χ4n) is 1.06. The van der Waals surface area contributed by atoms with Crippen molar-refractivity contribution in [3.63, 3.8) is 0 Å². The summed E-state index contributed by atoms with van der Waals surface area (Å²) in [6.07, 6.45) is 6.74. The van der Waals surface area contributed by atoms with Gasteiger partial charge in [-0.25, -0.2) is 0 Å². The summed E-state index contributed by atoms with van der Waals surface area (Å²) < 4.78 is 0. The van der Waals surface area contributed by atoms with Crippen molar-refractivity contribution in [1.82, 2.24) is 0 Å². The Morgan fingerprint density at radius 3 is 1.87 bits per heavy atom. The topological polar surface area (TPSA) is 0 Å². The van der Waals surface area contributed by atoms with Crippen LogP contribution in [0.15, 0.2) is 0 Å². The van der Waals surface area contributed by atoms with Crippen LogP contribution in [0.2, 0.25) is 19.6 Å². The molecular formula is C14H24Si. The highest BCUT2D eigenvalue weighted by Gasteiger charge is 2.06. The summed E-state index contributed by atoms with van der Waals surface area (Å²) >= 11 is 0. The Hall–Kier alpha value is -0.663. The van der Waals surface area contributed by atoms with Crippen LogP contribution < -0.4 is 0 Å². The number of rotatable bonds is 4. The maximum Gasteiger partial charge on any atom is 0.129 e. The molecule has 0 fully saturated rings. The summed E-state index contributed by atoms with van der Waals surface area (Å²) in [5.41, 5.74) is 3.39. The Balaban J connectivity index is 3.40. The van der Waals surface area contributed by atoms with Crippen molar-refractivity contribution in [2.24, 2.45) is 0 Å². The van der Waals surface area contributed by atoms with Gasteiger partial charge in [-0.1, -0.05) is 26.6 Å². The molecule has 0 radical (unpaired) electrons. The van der Waals surface area contributed by atoms with Gasteiger partial charge in [-0.05, 0) is 19.3 Å². The second-order valence-corrected chi connectivity index (χ2v) is 9.61. The quantitative estimate of drug-likeness (QED) is 0.378. The van der Waals surface area contributed by atoms with E-state index in [0.29, 0.717) is 0 Å². The summed E-state index contributed by atoms with van der Waals surface area (Å²) in [6.45, 7) is 9.03. The van der Waals surface area contributed by atoms with Gasteiger partial charge in [0.1, 0.15) is 8.07 Å². The molecule has 0 saturated heterocycles. The van der Waals surface area contributed by atoms with E-state index in [-0.39, 0.29) is 0 Å². The number of hydrogen-bond donors (Lipinski definition) is 0. The lowest BCUT2D eigenvalue weighted by Crippen LogP contribution is -2.16. The molecule has 0 N–H and O–H groups in total. The van der Waals surface area contributed by atoms with E-state index in [0.717, 1.165) is 19.3 Å². The lowest BCUT2D eigenvalue weighted by atomic mass is 10.2. The minimum atomic E-state index is -1.13. The normalized spacial score (nSPS) is 9.87. The van der Waals surface area contributed by atoms with Crippen LogP contribution in [-0.4, -0.2) is 8.07 Å². The van der Waals surface area contributed by atoms with Gasteiger partial charge in [0.2, 0.25) is 0 Å². The first kappa shape index (κ1) is 14.3. The van der Waals surface area contributed by atoms with E-state index in [9.17, 15) is 0 Å². The summed E-state index contributed by atoms with van der Waals surface area (Å²) in [5.74, 6) is 9.67. The molecule has 0 aromatic rings. The Kier molecular flexibility index (Phi) is 8.25. The first-order valence-electron chi connectivity index (χ1n) is 6.02. The summed E-state index contributed by atoms with van der Waals surface area (Å²) in [4.78, 5) is 0. The van der Waals surface area contributed by atoms with Crippen molar-refractivity contribution in [2.75, 3.05) is 0 Å². The molecule has 0 amide bonds. The van der Waals surface area contributed by atoms with Gasteiger partial charge < -0.3 is 0 Å². The van der Waals surface area contributed by atoms with Gasteiger partial charge in [0.05, 0.1) is 0 Å². The molecule has 0 aliphatic carbocycles. The Morgan fingerprint density at radius 1 is 0.800 bits per heavy atom. The SMILES string of the molecule is CCCC#CCCCCC#C[Si](C)(C)C. The minimum Gasteiger partial charge on any atom is -0.132 e. The lowest BCUT2D eigenvalue weighted by Gasteiger charge is -2.02. The van der Waals surface area contributed by atoms with E-state index in [1.807, 2.05) is 0 Å². The van der Waals surface area contributed by atoms with E-state index >= 15 is 0 Å². The smallest absolute Gasteiger partial charge is 0.129 e. The molecule has 0 atom stereocenters. The molecule has 0 saturated carbocycles. The molecular weight excluding hydrogens is 196 g/mol. The zero-order valence-corrected chi connectivity index (χ0v) is 11.7. The fraction of sp³-hybridized carbons (Fsp3) is 0.714. The molecule has 0 heterocycles. The van der Waals surface area contributed by atoms with Crippen molar-refractivity contribution >= 4 is 8.07 Å². The molecule has 0 spiro atoms. The standard InChI is InChI=1S/C14H24Si/c1-5-6-7-8-9-10-11-12-13-14-15(2,3)4/h5-6,9-12H2,1-4H3. The summed E-state index contributed by atoms with van der Waals surface area (Å²) in [7, 11) is -1.13. The average molecular weight is 220 g/mol. The van der Waals surface area contributed by atoms with Gasteiger partial charge in [0, 0.05) is 19.3 Å². The van der Waals surface area contributed by atoms with Gasteiger partial charge in [0.15, 0.2) is 0 Å².